The molecule has 0 radical (unpaired) electrons. The first-order chi connectivity index (χ1) is 9.31. The minimum Gasteiger partial charge on any atom is -0.268 e. The van der Waals surface area contributed by atoms with Gasteiger partial charge in [0.05, 0.1) is 11.7 Å². The van der Waals surface area contributed by atoms with E-state index in [4.69, 9.17) is 0 Å². The van der Waals surface area contributed by atoms with Gasteiger partial charge in [0.1, 0.15) is 0 Å². The molecular formula is C15H15N3O. The molecule has 1 fully saturated rings. The number of hydrogen-bond donors (Lipinski definition) is 1. The predicted octanol–water partition coefficient (Wildman–Crippen LogP) is 2.46. The van der Waals surface area contributed by atoms with E-state index in [-0.39, 0.29) is 5.91 Å². The SMILES string of the molecule is O=C(Nn1ncc2ccccc21)C1=CC2CCC1C2. The summed E-state index contributed by atoms with van der Waals surface area (Å²) in [6.45, 7) is 0. The minimum atomic E-state index is 0.000975. The Hall–Kier alpha value is -2.10. The molecule has 1 aromatic carbocycles. The van der Waals surface area contributed by atoms with Crippen molar-refractivity contribution < 1.29 is 4.79 Å². The van der Waals surface area contributed by atoms with Crippen molar-refractivity contribution in [1.82, 2.24) is 9.89 Å². The average molecular weight is 253 g/mol. The average Bonchev–Trinajstić information content (AvgIpc) is 3.14. The number of benzene rings is 1. The summed E-state index contributed by atoms with van der Waals surface area (Å²) in [6.07, 6.45) is 7.47. The van der Waals surface area contributed by atoms with Gasteiger partial charge in [-0.25, -0.2) is 5.43 Å². The van der Waals surface area contributed by atoms with E-state index in [2.05, 4.69) is 16.6 Å². The van der Waals surface area contributed by atoms with E-state index in [0.717, 1.165) is 29.3 Å². The van der Waals surface area contributed by atoms with Gasteiger partial charge < -0.3 is 0 Å². The van der Waals surface area contributed by atoms with Crippen molar-refractivity contribution in [1.29, 1.82) is 0 Å². The van der Waals surface area contributed by atoms with E-state index in [0.29, 0.717) is 11.8 Å². The maximum absolute atomic E-state index is 12.3. The first-order valence-electron chi connectivity index (χ1n) is 6.77. The highest BCUT2D eigenvalue weighted by Gasteiger charge is 2.36. The fraction of sp³-hybridized carbons (Fsp3) is 0.333. The number of fused-ring (bicyclic) bond motifs is 3. The molecule has 2 bridgehead atoms. The lowest BCUT2D eigenvalue weighted by atomic mass is 9.98. The van der Waals surface area contributed by atoms with Crippen molar-refractivity contribution in [2.45, 2.75) is 19.3 Å². The molecule has 0 spiro atoms. The summed E-state index contributed by atoms with van der Waals surface area (Å²) >= 11 is 0. The number of rotatable bonds is 2. The van der Waals surface area contributed by atoms with E-state index in [1.54, 1.807) is 11.0 Å². The zero-order valence-electron chi connectivity index (χ0n) is 10.5. The van der Waals surface area contributed by atoms with E-state index < -0.39 is 0 Å². The molecule has 0 saturated heterocycles. The number of nitrogens with zero attached hydrogens (tertiary/aromatic N) is 2. The van der Waals surface area contributed by atoms with Crippen LogP contribution in [0.15, 0.2) is 42.1 Å². The third-order valence-electron chi connectivity index (χ3n) is 4.28. The lowest BCUT2D eigenvalue weighted by molar-refractivity contribution is -0.114. The van der Waals surface area contributed by atoms with Crippen molar-refractivity contribution in [3.63, 3.8) is 0 Å². The molecule has 4 rings (SSSR count). The lowest BCUT2D eigenvalue weighted by Gasteiger charge is -2.13. The zero-order chi connectivity index (χ0) is 12.8. The molecule has 1 aromatic heterocycles. The monoisotopic (exact) mass is 253 g/mol. The van der Waals surface area contributed by atoms with Gasteiger partial charge in [-0.05, 0) is 37.2 Å². The number of carbonyl (C=O) groups excluding carboxylic acids is 1. The van der Waals surface area contributed by atoms with Crippen molar-refractivity contribution in [2.75, 3.05) is 5.43 Å². The first kappa shape index (κ1) is 10.8. The van der Waals surface area contributed by atoms with Crippen LogP contribution in [0.25, 0.3) is 10.9 Å². The number of aromatic nitrogens is 2. The van der Waals surface area contributed by atoms with Crippen molar-refractivity contribution in [2.24, 2.45) is 11.8 Å². The van der Waals surface area contributed by atoms with Crippen molar-refractivity contribution >= 4 is 16.8 Å². The summed E-state index contributed by atoms with van der Waals surface area (Å²) in [5, 5.41) is 5.26. The lowest BCUT2D eigenvalue weighted by Crippen LogP contribution is -2.27. The highest BCUT2D eigenvalue weighted by molar-refractivity contribution is 6.01. The summed E-state index contributed by atoms with van der Waals surface area (Å²) in [5.74, 6) is 1.09. The molecule has 2 aliphatic carbocycles. The van der Waals surface area contributed by atoms with Crippen LogP contribution in [0.1, 0.15) is 19.3 Å². The highest BCUT2D eigenvalue weighted by atomic mass is 16.2. The second-order valence-electron chi connectivity index (χ2n) is 5.45. The summed E-state index contributed by atoms with van der Waals surface area (Å²) in [4.78, 5) is 13.9. The van der Waals surface area contributed by atoms with Gasteiger partial charge >= 0.3 is 0 Å². The number of hydrogen-bond acceptors (Lipinski definition) is 2. The number of allylic oxidation sites excluding steroid dienone is 1. The van der Waals surface area contributed by atoms with Gasteiger partial charge in [0, 0.05) is 11.0 Å². The van der Waals surface area contributed by atoms with E-state index in [1.807, 2.05) is 24.3 Å². The van der Waals surface area contributed by atoms with Crippen LogP contribution in [-0.4, -0.2) is 15.8 Å². The summed E-state index contributed by atoms with van der Waals surface area (Å²) < 4.78 is 0. The van der Waals surface area contributed by atoms with E-state index in [1.165, 1.54) is 6.42 Å². The maximum atomic E-state index is 12.3. The largest absolute Gasteiger partial charge is 0.268 e. The molecule has 4 heteroatoms. The fourth-order valence-corrected chi connectivity index (χ4v) is 3.32. The molecule has 1 amide bonds. The van der Waals surface area contributed by atoms with Crippen LogP contribution in [0.3, 0.4) is 0 Å². The standard InChI is InChI=1S/C15H15N3O/c19-15(13-8-10-5-6-11(13)7-10)17-18-14-4-2-1-3-12(14)9-16-18/h1-4,8-11H,5-7H2,(H,17,19). The van der Waals surface area contributed by atoms with Crippen LogP contribution in [0.4, 0.5) is 0 Å². The molecular weight excluding hydrogens is 238 g/mol. The third-order valence-corrected chi connectivity index (χ3v) is 4.28. The molecule has 1 N–H and O–H groups in total. The molecule has 4 nitrogen and oxygen atoms in total. The van der Waals surface area contributed by atoms with Crippen LogP contribution in [0.5, 0.6) is 0 Å². The maximum Gasteiger partial charge on any atom is 0.267 e. The molecule has 2 unspecified atom stereocenters. The highest BCUT2D eigenvalue weighted by Crippen LogP contribution is 2.43. The molecule has 2 aliphatic rings. The van der Waals surface area contributed by atoms with E-state index in [9.17, 15) is 4.79 Å². The Bertz CT molecular complexity index is 686. The Morgan fingerprint density at radius 2 is 2.21 bits per heavy atom. The predicted molar refractivity (Wildman–Crippen MR) is 73.0 cm³/mol. The van der Waals surface area contributed by atoms with Gasteiger partial charge in [-0.2, -0.15) is 9.89 Å². The normalized spacial score (nSPS) is 24.7. The summed E-state index contributed by atoms with van der Waals surface area (Å²) in [5.41, 5.74) is 4.77. The van der Waals surface area contributed by atoms with Crippen LogP contribution in [0, 0.1) is 11.8 Å². The number of nitrogens with one attached hydrogen (secondary N) is 1. The van der Waals surface area contributed by atoms with Crippen LogP contribution < -0.4 is 5.43 Å². The topological polar surface area (TPSA) is 46.9 Å². The van der Waals surface area contributed by atoms with Gasteiger partial charge in [-0.15, -0.1) is 0 Å². The van der Waals surface area contributed by atoms with Gasteiger partial charge in [-0.1, -0.05) is 24.3 Å². The van der Waals surface area contributed by atoms with Gasteiger partial charge in [-0.3, -0.25) is 4.79 Å². The Kier molecular flexibility index (Phi) is 2.24. The van der Waals surface area contributed by atoms with Gasteiger partial charge in [0.25, 0.3) is 5.91 Å². The van der Waals surface area contributed by atoms with Crippen molar-refractivity contribution in [3.05, 3.63) is 42.1 Å². The van der Waals surface area contributed by atoms with Gasteiger partial charge in [0.15, 0.2) is 0 Å². The van der Waals surface area contributed by atoms with E-state index >= 15 is 0 Å². The summed E-state index contributed by atoms with van der Waals surface area (Å²) in [6, 6.07) is 7.86. The molecule has 96 valence electrons. The quantitative estimate of drug-likeness (QED) is 0.893. The molecule has 0 aliphatic heterocycles. The minimum absolute atomic E-state index is 0.000975. The van der Waals surface area contributed by atoms with Crippen molar-refractivity contribution in [3.8, 4) is 0 Å². The first-order valence-corrected chi connectivity index (χ1v) is 6.77. The number of para-hydroxylation sites is 1. The second kappa shape index (κ2) is 3.95. The third kappa shape index (κ3) is 1.67. The van der Waals surface area contributed by atoms with Crippen LogP contribution in [-0.2, 0) is 4.79 Å². The molecule has 2 atom stereocenters. The van der Waals surface area contributed by atoms with Crippen LogP contribution >= 0.6 is 0 Å². The Morgan fingerprint density at radius 1 is 1.32 bits per heavy atom. The Balaban J connectivity index is 1.62. The second-order valence-corrected chi connectivity index (χ2v) is 5.45. The van der Waals surface area contributed by atoms with Gasteiger partial charge in [0.2, 0.25) is 0 Å². The van der Waals surface area contributed by atoms with Crippen LogP contribution in [0.2, 0.25) is 0 Å². The molecule has 2 aromatic rings. The smallest absolute Gasteiger partial charge is 0.267 e. The number of carbonyl (C=O) groups is 1. The summed E-state index contributed by atoms with van der Waals surface area (Å²) in [7, 11) is 0. The Morgan fingerprint density at radius 3 is 3.00 bits per heavy atom. The number of amides is 1. The zero-order valence-corrected chi connectivity index (χ0v) is 10.5. The molecule has 19 heavy (non-hydrogen) atoms. The Labute approximate surface area is 111 Å². The molecule has 1 heterocycles. The fourth-order valence-electron chi connectivity index (χ4n) is 3.32. The molecule has 1 saturated carbocycles.